The standard InChI is InChI=1S/C15H20N4/c1-18-8-3-4-12-11-19(9-6-14(12)18)15-5-2-7-17-13(15)10-16/h2,5,7,12,14H,3-4,6,8-9,11H2,1H3. The molecule has 1 aromatic heterocycles. The van der Waals surface area contributed by atoms with Crippen LogP contribution in [0.25, 0.3) is 0 Å². The van der Waals surface area contributed by atoms with Crippen LogP contribution in [0, 0.1) is 17.2 Å². The Morgan fingerprint density at radius 2 is 2.26 bits per heavy atom. The fraction of sp³-hybridized carbons (Fsp3) is 0.600. The van der Waals surface area contributed by atoms with E-state index in [0.29, 0.717) is 5.69 Å². The van der Waals surface area contributed by atoms with E-state index in [2.05, 4.69) is 27.9 Å². The number of piperidine rings is 2. The molecule has 0 bridgehead atoms. The molecule has 0 amide bonds. The molecule has 2 atom stereocenters. The minimum atomic E-state index is 0.560. The average molecular weight is 256 g/mol. The van der Waals surface area contributed by atoms with Gasteiger partial charge in [-0.3, -0.25) is 0 Å². The Balaban J connectivity index is 1.79. The molecular weight excluding hydrogens is 236 g/mol. The van der Waals surface area contributed by atoms with Crippen molar-refractivity contribution in [3.63, 3.8) is 0 Å². The number of rotatable bonds is 1. The number of nitriles is 1. The second kappa shape index (κ2) is 5.18. The zero-order chi connectivity index (χ0) is 13.2. The molecule has 19 heavy (non-hydrogen) atoms. The molecule has 0 spiro atoms. The maximum atomic E-state index is 9.18. The largest absolute Gasteiger partial charge is 0.369 e. The lowest BCUT2D eigenvalue weighted by atomic mass is 9.84. The number of aromatic nitrogens is 1. The minimum Gasteiger partial charge on any atom is -0.369 e. The van der Waals surface area contributed by atoms with E-state index in [4.69, 9.17) is 0 Å². The van der Waals surface area contributed by atoms with Crippen LogP contribution >= 0.6 is 0 Å². The summed E-state index contributed by atoms with van der Waals surface area (Å²) in [7, 11) is 2.25. The fourth-order valence-corrected chi connectivity index (χ4v) is 3.61. The molecular formula is C15H20N4. The Bertz CT molecular complexity index is 493. The molecule has 0 saturated carbocycles. The molecule has 0 N–H and O–H groups in total. The second-order valence-corrected chi connectivity index (χ2v) is 5.67. The molecule has 1 aromatic rings. The Hall–Kier alpha value is -1.60. The van der Waals surface area contributed by atoms with Crippen molar-refractivity contribution in [3.05, 3.63) is 24.0 Å². The number of fused-ring (bicyclic) bond motifs is 1. The molecule has 0 aliphatic carbocycles. The number of pyridine rings is 1. The Labute approximate surface area is 114 Å². The zero-order valence-electron chi connectivity index (χ0n) is 11.4. The summed E-state index contributed by atoms with van der Waals surface area (Å²) < 4.78 is 0. The summed E-state index contributed by atoms with van der Waals surface area (Å²) in [4.78, 5) is 9.05. The highest BCUT2D eigenvalue weighted by molar-refractivity contribution is 5.56. The minimum absolute atomic E-state index is 0.560. The molecule has 2 unspecified atom stereocenters. The van der Waals surface area contributed by atoms with Crippen LogP contribution in [0.2, 0.25) is 0 Å². The van der Waals surface area contributed by atoms with Crippen LogP contribution in [0.3, 0.4) is 0 Å². The monoisotopic (exact) mass is 256 g/mol. The van der Waals surface area contributed by atoms with E-state index in [9.17, 15) is 5.26 Å². The molecule has 0 radical (unpaired) electrons. The molecule has 2 fully saturated rings. The average Bonchev–Trinajstić information content (AvgIpc) is 2.47. The first-order chi connectivity index (χ1) is 9.29. The third kappa shape index (κ3) is 2.31. The summed E-state index contributed by atoms with van der Waals surface area (Å²) in [5, 5.41) is 9.18. The second-order valence-electron chi connectivity index (χ2n) is 5.67. The number of anilines is 1. The van der Waals surface area contributed by atoms with E-state index in [1.165, 1.54) is 25.8 Å². The third-order valence-electron chi connectivity index (χ3n) is 4.58. The molecule has 4 heteroatoms. The van der Waals surface area contributed by atoms with Crippen molar-refractivity contribution in [3.8, 4) is 6.07 Å². The number of hydrogen-bond acceptors (Lipinski definition) is 4. The first kappa shape index (κ1) is 12.4. The number of likely N-dealkylation sites (tertiary alicyclic amines) is 1. The van der Waals surface area contributed by atoms with Crippen molar-refractivity contribution >= 4 is 5.69 Å². The summed E-state index contributed by atoms with van der Waals surface area (Å²) in [6.45, 7) is 3.33. The van der Waals surface area contributed by atoms with Gasteiger partial charge in [0, 0.05) is 25.3 Å². The van der Waals surface area contributed by atoms with Gasteiger partial charge in [-0.15, -0.1) is 0 Å². The van der Waals surface area contributed by atoms with Gasteiger partial charge in [0.1, 0.15) is 6.07 Å². The van der Waals surface area contributed by atoms with Crippen molar-refractivity contribution in [2.75, 3.05) is 31.6 Å². The maximum absolute atomic E-state index is 9.18. The lowest BCUT2D eigenvalue weighted by molar-refractivity contribution is 0.102. The summed E-state index contributed by atoms with van der Waals surface area (Å²) in [6, 6.07) is 6.89. The summed E-state index contributed by atoms with van der Waals surface area (Å²) in [6.07, 6.45) is 5.50. The SMILES string of the molecule is CN1CCCC2CN(c3cccnc3C#N)CCC21. The fourth-order valence-electron chi connectivity index (χ4n) is 3.61. The van der Waals surface area contributed by atoms with Gasteiger partial charge >= 0.3 is 0 Å². The smallest absolute Gasteiger partial charge is 0.163 e. The number of hydrogen-bond donors (Lipinski definition) is 0. The molecule has 100 valence electrons. The van der Waals surface area contributed by atoms with E-state index < -0.39 is 0 Å². The summed E-state index contributed by atoms with van der Waals surface area (Å²) in [5.74, 6) is 0.735. The van der Waals surface area contributed by atoms with Gasteiger partial charge in [0.05, 0.1) is 5.69 Å². The lowest BCUT2D eigenvalue weighted by Gasteiger charge is -2.46. The van der Waals surface area contributed by atoms with Crippen LogP contribution in [0.1, 0.15) is 25.0 Å². The van der Waals surface area contributed by atoms with Crippen molar-refractivity contribution in [1.29, 1.82) is 5.26 Å². The topological polar surface area (TPSA) is 43.2 Å². The van der Waals surface area contributed by atoms with Crippen LogP contribution < -0.4 is 4.90 Å². The first-order valence-corrected chi connectivity index (χ1v) is 7.10. The van der Waals surface area contributed by atoms with Crippen molar-refractivity contribution in [2.24, 2.45) is 5.92 Å². The lowest BCUT2D eigenvalue weighted by Crippen LogP contribution is -2.52. The van der Waals surface area contributed by atoms with Gasteiger partial charge in [-0.05, 0) is 50.9 Å². The van der Waals surface area contributed by atoms with Crippen LogP contribution in [0.5, 0.6) is 0 Å². The Kier molecular flexibility index (Phi) is 3.39. The molecule has 3 rings (SSSR count). The molecule has 0 aromatic carbocycles. The van der Waals surface area contributed by atoms with Crippen molar-refractivity contribution < 1.29 is 0 Å². The van der Waals surface area contributed by atoms with Crippen LogP contribution in [-0.2, 0) is 0 Å². The molecule has 2 saturated heterocycles. The van der Waals surface area contributed by atoms with Gasteiger partial charge in [0.25, 0.3) is 0 Å². The van der Waals surface area contributed by atoms with Gasteiger partial charge < -0.3 is 9.80 Å². The molecule has 2 aliphatic rings. The van der Waals surface area contributed by atoms with E-state index in [0.717, 1.165) is 30.7 Å². The van der Waals surface area contributed by atoms with Gasteiger partial charge in [0.15, 0.2) is 5.69 Å². The van der Waals surface area contributed by atoms with E-state index >= 15 is 0 Å². The van der Waals surface area contributed by atoms with Crippen LogP contribution in [0.15, 0.2) is 18.3 Å². The maximum Gasteiger partial charge on any atom is 0.163 e. The van der Waals surface area contributed by atoms with Crippen molar-refractivity contribution in [2.45, 2.75) is 25.3 Å². The van der Waals surface area contributed by atoms with E-state index in [1.807, 2.05) is 12.1 Å². The highest BCUT2D eigenvalue weighted by Gasteiger charge is 2.34. The van der Waals surface area contributed by atoms with E-state index in [-0.39, 0.29) is 0 Å². The van der Waals surface area contributed by atoms with Gasteiger partial charge in [-0.2, -0.15) is 5.26 Å². The first-order valence-electron chi connectivity index (χ1n) is 7.10. The van der Waals surface area contributed by atoms with Crippen LogP contribution in [0.4, 0.5) is 5.69 Å². The predicted octanol–water partition coefficient (Wildman–Crippen LogP) is 1.87. The molecule has 4 nitrogen and oxygen atoms in total. The van der Waals surface area contributed by atoms with Gasteiger partial charge in [-0.1, -0.05) is 0 Å². The Morgan fingerprint density at radius 1 is 1.37 bits per heavy atom. The number of nitrogens with zero attached hydrogens (tertiary/aromatic N) is 4. The quantitative estimate of drug-likeness (QED) is 0.769. The summed E-state index contributed by atoms with van der Waals surface area (Å²) >= 11 is 0. The molecule has 3 heterocycles. The van der Waals surface area contributed by atoms with Crippen LogP contribution in [-0.4, -0.2) is 42.6 Å². The van der Waals surface area contributed by atoms with Gasteiger partial charge in [0.2, 0.25) is 0 Å². The third-order valence-corrected chi connectivity index (χ3v) is 4.58. The summed E-state index contributed by atoms with van der Waals surface area (Å²) in [5.41, 5.74) is 1.57. The highest BCUT2D eigenvalue weighted by atomic mass is 15.2. The van der Waals surface area contributed by atoms with Crippen molar-refractivity contribution in [1.82, 2.24) is 9.88 Å². The predicted molar refractivity (Wildman–Crippen MR) is 74.9 cm³/mol. The Morgan fingerprint density at radius 3 is 3.11 bits per heavy atom. The highest BCUT2D eigenvalue weighted by Crippen LogP contribution is 2.32. The molecule has 2 aliphatic heterocycles. The zero-order valence-corrected chi connectivity index (χ0v) is 11.4. The van der Waals surface area contributed by atoms with E-state index in [1.54, 1.807) is 6.20 Å². The van der Waals surface area contributed by atoms with Gasteiger partial charge in [-0.25, -0.2) is 4.98 Å². The normalized spacial score (nSPS) is 27.7.